The zero-order valence-corrected chi connectivity index (χ0v) is 19.8. The summed E-state index contributed by atoms with van der Waals surface area (Å²) in [6.07, 6.45) is 6.62. The predicted octanol–water partition coefficient (Wildman–Crippen LogP) is 6.11. The fourth-order valence-electron chi connectivity index (χ4n) is 2.98. The second-order valence-electron chi connectivity index (χ2n) is 6.66. The van der Waals surface area contributed by atoms with E-state index >= 15 is 0 Å². The Hall–Kier alpha value is -1.73. The fraction of sp³-hybridized carbons (Fsp3) is 0.318. The SMILES string of the molecule is CCOc1cc(CNCCCn2ccnc2)cc(Br)c1OCc1c(Cl)cccc1Cl. The van der Waals surface area contributed by atoms with Crippen LogP contribution < -0.4 is 14.8 Å². The van der Waals surface area contributed by atoms with Crippen LogP contribution in [0.25, 0.3) is 0 Å². The Bertz CT molecular complexity index is 932. The fourth-order valence-corrected chi connectivity index (χ4v) is 4.09. The highest BCUT2D eigenvalue weighted by atomic mass is 79.9. The third-order valence-electron chi connectivity index (χ3n) is 4.45. The monoisotopic (exact) mass is 511 g/mol. The van der Waals surface area contributed by atoms with E-state index in [0.717, 1.165) is 41.7 Å². The third-order valence-corrected chi connectivity index (χ3v) is 5.75. The molecule has 8 heteroatoms. The van der Waals surface area contributed by atoms with Crippen LogP contribution in [0.4, 0.5) is 0 Å². The molecule has 1 N–H and O–H groups in total. The summed E-state index contributed by atoms with van der Waals surface area (Å²) in [6, 6.07) is 9.45. The van der Waals surface area contributed by atoms with Gasteiger partial charge >= 0.3 is 0 Å². The van der Waals surface area contributed by atoms with Gasteiger partial charge in [-0.15, -0.1) is 0 Å². The van der Waals surface area contributed by atoms with Crippen molar-refractivity contribution in [2.45, 2.75) is 33.0 Å². The summed E-state index contributed by atoms with van der Waals surface area (Å²) in [6.45, 7) is 5.32. The highest BCUT2D eigenvalue weighted by Crippen LogP contribution is 2.38. The van der Waals surface area contributed by atoms with Crippen molar-refractivity contribution >= 4 is 39.1 Å². The Kier molecular flexibility index (Phi) is 8.88. The minimum absolute atomic E-state index is 0.253. The first kappa shape index (κ1) is 22.9. The molecule has 0 aliphatic heterocycles. The Labute approximate surface area is 195 Å². The van der Waals surface area contributed by atoms with E-state index in [9.17, 15) is 0 Å². The summed E-state index contributed by atoms with van der Waals surface area (Å²) >= 11 is 16.1. The van der Waals surface area contributed by atoms with Gasteiger partial charge in [0.15, 0.2) is 11.5 Å². The quantitative estimate of drug-likeness (QED) is 0.315. The first-order chi connectivity index (χ1) is 14.6. The summed E-state index contributed by atoms with van der Waals surface area (Å²) in [5.74, 6) is 1.32. The van der Waals surface area contributed by atoms with Crippen LogP contribution in [-0.2, 0) is 19.7 Å². The molecule has 160 valence electrons. The third kappa shape index (κ3) is 6.38. The van der Waals surface area contributed by atoms with Gasteiger partial charge in [0, 0.05) is 41.1 Å². The molecule has 1 heterocycles. The van der Waals surface area contributed by atoms with Crippen LogP contribution in [0.5, 0.6) is 11.5 Å². The van der Waals surface area contributed by atoms with Crippen molar-refractivity contribution in [3.63, 3.8) is 0 Å². The highest BCUT2D eigenvalue weighted by Gasteiger charge is 2.14. The minimum atomic E-state index is 0.253. The van der Waals surface area contributed by atoms with E-state index in [1.165, 1.54) is 0 Å². The maximum absolute atomic E-state index is 6.26. The average molecular weight is 513 g/mol. The zero-order chi connectivity index (χ0) is 21.3. The number of nitrogens with one attached hydrogen (secondary N) is 1. The van der Waals surface area contributed by atoms with E-state index in [0.29, 0.717) is 28.2 Å². The van der Waals surface area contributed by atoms with Gasteiger partial charge in [0.05, 0.1) is 17.4 Å². The van der Waals surface area contributed by atoms with Gasteiger partial charge in [0.25, 0.3) is 0 Å². The molecule has 30 heavy (non-hydrogen) atoms. The molecule has 0 amide bonds. The number of benzene rings is 2. The summed E-state index contributed by atoms with van der Waals surface area (Å²) in [5.41, 5.74) is 1.86. The molecular formula is C22H24BrCl2N3O2. The average Bonchev–Trinajstić information content (AvgIpc) is 3.23. The lowest BCUT2D eigenvalue weighted by Crippen LogP contribution is -2.16. The second-order valence-corrected chi connectivity index (χ2v) is 8.33. The smallest absolute Gasteiger partial charge is 0.175 e. The number of ether oxygens (including phenoxy) is 2. The lowest BCUT2D eigenvalue weighted by molar-refractivity contribution is 0.267. The summed E-state index contributed by atoms with van der Waals surface area (Å²) in [4.78, 5) is 4.05. The normalized spacial score (nSPS) is 10.9. The van der Waals surface area contributed by atoms with Gasteiger partial charge in [-0.2, -0.15) is 0 Å². The van der Waals surface area contributed by atoms with E-state index in [1.54, 1.807) is 18.3 Å². The number of aryl methyl sites for hydroxylation is 1. The first-order valence-electron chi connectivity index (χ1n) is 9.75. The van der Waals surface area contributed by atoms with Crippen molar-refractivity contribution < 1.29 is 9.47 Å². The number of rotatable bonds is 11. The summed E-state index contributed by atoms with van der Waals surface area (Å²) in [5, 5.41) is 4.62. The van der Waals surface area contributed by atoms with Gasteiger partial charge < -0.3 is 19.4 Å². The Morgan fingerprint density at radius 1 is 1.17 bits per heavy atom. The maximum atomic E-state index is 6.26. The van der Waals surface area contributed by atoms with Crippen LogP contribution in [0.3, 0.4) is 0 Å². The topological polar surface area (TPSA) is 48.3 Å². The van der Waals surface area contributed by atoms with Crippen LogP contribution in [0.1, 0.15) is 24.5 Å². The molecule has 0 bridgehead atoms. The van der Waals surface area contributed by atoms with Crippen molar-refractivity contribution in [1.82, 2.24) is 14.9 Å². The molecule has 0 aliphatic carbocycles. The van der Waals surface area contributed by atoms with E-state index < -0.39 is 0 Å². The largest absolute Gasteiger partial charge is 0.490 e. The van der Waals surface area contributed by atoms with Crippen LogP contribution in [0.15, 0.2) is 53.5 Å². The second kappa shape index (κ2) is 11.6. The van der Waals surface area contributed by atoms with E-state index in [1.807, 2.05) is 37.6 Å². The molecule has 0 radical (unpaired) electrons. The molecule has 2 aromatic carbocycles. The Morgan fingerprint density at radius 2 is 1.97 bits per heavy atom. The molecule has 0 atom stereocenters. The first-order valence-corrected chi connectivity index (χ1v) is 11.3. The zero-order valence-electron chi connectivity index (χ0n) is 16.7. The van der Waals surface area contributed by atoms with E-state index in [-0.39, 0.29) is 6.61 Å². The van der Waals surface area contributed by atoms with Crippen molar-refractivity contribution in [3.8, 4) is 11.5 Å². The molecule has 0 unspecified atom stereocenters. The molecule has 0 fully saturated rings. The molecule has 3 rings (SSSR count). The molecule has 0 saturated carbocycles. The number of hydrogen-bond acceptors (Lipinski definition) is 4. The summed E-state index contributed by atoms with van der Waals surface area (Å²) in [7, 11) is 0. The molecule has 0 spiro atoms. The molecule has 1 aromatic heterocycles. The van der Waals surface area contributed by atoms with Gasteiger partial charge in [-0.1, -0.05) is 29.3 Å². The Balaban J connectivity index is 1.61. The van der Waals surface area contributed by atoms with Crippen LogP contribution in [-0.4, -0.2) is 22.7 Å². The molecule has 0 aliphatic rings. The van der Waals surface area contributed by atoms with Gasteiger partial charge in [0.1, 0.15) is 6.61 Å². The lowest BCUT2D eigenvalue weighted by atomic mass is 10.2. The maximum Gasteiger partial charge on any atom is 0.175 e. The van der Waals surface area contributed by atoms with Crippen molar-refractivity contribution in [3.05, 3.63) is 74.7 Å². The Morgan fingerprint density at radius 3 is 2.67 bits per heavy atom. The van der Waals surface area contributed by atoms with E-state index in [2.05, 4.69) is 30.8 Å². The number of halogens is 3. The number of aromatic nitrogens is 2. The van der Waals surface area contributed by atoms with Crippen molar-refractivity contribution in [1.29, 1.82) is 0 Å². The molecule has 3 aromatic rings. The predicted molar refractivity (Wildman–Crippen MR) is 125 cm³/mol. The van der Waals surface area contributed by atoms with Crippen LogP contribution in [0, 0.1) is 0 Å². The highest BCUT2D eigenvalue weighted by molar-refractivity contribution is 9.10. The van der Waals surface area contributed by atoms with Gasteiger partial charge in [-0.25, -0.2) is 4.98 Å². The molecule has 0 saturated heterocycles. The standard InChI is InChI=1S/C22H24BrCl2N3O2/c1-2-29-21-12-16(13-26-7-4-9-28-10-8-27-15-28)11-18(23)22(21)30-14-17-19(24)5-3-6-20(17)25/h3,5-6,8,10-12,15,26H,2,4,7,9,13-14H2,1H3. The number of hydrogen-bond donors (Lipinski definition) is 1. The summed E-state index contributed by atoms with van der Waals surface area (Å²) < 4.78 is 14.8. The molecular weight excluding hydrogens is 489 g/mol. The molecule has 5 nitrogen and oxygen atoms in total. The van der Waals surface area contributed by atoms with Crippen LogP contribution in [0.2, 0.25) is 10.0 Å². The van der Waals surface area contributed by atoms with Gasteiger partial charge in [0.2, 0.25) is 0 Å². The van der Waals surface area contributed by atoms with E-state index in [4.69, 9.17) is 32.7 Å². The lowest BCUT2D eigenvalue weighted by Gasteiger charge is -2.17. The van der Waals surface area contributed by atoms with Gasteiger partial charge in [-0.3, -0.25) is 0 Å². The van der Waals surface area contributed by atoms with Crippen molar-refractivity contribution in [2.75, 3.05) is 13.2 Å². The number of imidazole rings is 1. The van der Waals surface area contributed by atoms with Crippen LogP contribution >= 0.6 is 39.1 Å². The number of nitrogens with zero attached hydrogens (tertiary/aromatic N) is 2. The van der Waals surface area contributed by atoms with Gasteiger partial charge in [-0.05, 0) is 65.6 Å². The minimum Gasteiger partial charge on any atom is -0.490 e. The van der Waals surface area contributed by atoms with Crippen molar-refractivity contribution in [2.24, 2.45) is 0 Å².